The van der Waals surface area contributed by atoms with Crippen LogP contribution in [-0.2, 0) is 25.7 Å². The molecule has 4 N–H and O–H groups in total. The summed E-state index contributed by atoms with van der Waals surface area (Å²) in [6, 6.07) is 21.9. The lowest BCUT2D eigenvalue weighted by molar-refractivity contribution is -0.137. The predicted molar refractivity (Wildman–Crippen MR) is 249 cm³/mol. The fraction of sp³-hybridized carbons (Fsp3) is 0.360. The van der Waals surface area contributed by atoms with Crippen LogP contribution in [0.4, 0.5) is 5.82 Å². The van der Waals surface area contributed by atoms with E-state index >= 15 is 0 Å². The first kappa shape index (κ1) is 44.6. The summed E-state index contributed by atoms with van der Waals surface area (Å²) in [7, 11) is 0. The molecule has 1 unspecified atom stereocenters. The average molecular weight is 902 g/mol. The number of fused-ring (bicyclic) bond motifs is 2. The molecular weight excluding hydrogens is 851 g/mol. The number of amides is 5. The monoisotopic (exact) mass is 901 g/mol. The number of aromatic nitrogens is 4. The second-order valence-electron chi connectivity index (χ2n) is 17.1. The van der Waals surface area contributed by atoms with Gasteiger partial charge in [-0.15, -0.1) is 0 Å². The summed E-state index contributed by atoms with van der Waals surface area (Å²) >= 11 is 0. The summed E-state index contributed by atoms with van der Waals surface area (Å²) in [5.74, 6) is 13.2. The van der Waals surface area contributed by atoms with Gasteiger partial charge in [-0.05, 0) is 79.4 Å². The maximum atomic E-state index is 13.4. The number of piperazine rings is 1. The molecule has 67 heavy (non-hydrogen) atoms. The molecule has 3 aromatic carbocycles. The van der Waals surface area contributed by atoms with Crippen molar-refractivity contribution in [2.75, 3.05) is 64.6 Å². The molecule has 5 amide bonds. The Labute approximate surface area is 388 Å². The van der Waals surface area contributed by atoms with Crippen molar-refractivity contribution in [3.63, 3.8) is 0 Å². The smallest absolute Gasteiger partial charge is 0.255 e. The first-order chi connectivity index (χ1) is 32.7. The van der Waals surface area contributed by atoms with Crippen molar-refractivity contribution < 1.29 is 28.7 Å². The highest BCUT2D eigenvalue weighted by molar-refractivity contribution is 6.05. The molecule has 0 spiro atoms. The number of imide groups is 1. The molecule has 3 saturated heterocycles. The van der Waals surface area contributed by atoms with Crippen LogP contribution in [0.5, 0.6) is 11.5 Å². The van der Waals surface area contributed by atoms with Gasteiger partial charge in [-0.3, -0.25) is 39.1 Å². The van der Waals surface area contributed by atoms with Crippen molar-refractivity contribution in [3.05, 3.63) is 95.8 Å². The lowest BCUT2D eigenvalue weighted by Gasteiger charge is -2.33. The van der Waals surface area contributed by atoms with Crippen LogP contribution in [0.1, 0.15) is 66.1 Å². The Morgan fingerprint density at radius 1 is 0.851 bits per heavy atom. The minimum absolute atomic E-state index is 0.0738. The Balaban J connectivity index is 0.688. The number of benzene rings is 3. The second kappa shape index (κ2) is 20.3. The molecule has 2 aromatic heterocycles. The number of hydrogen-bond acceptors (Lipinski definition) is 12. The van der Waals surface area contributed by atoms with Crippen LogP contribution in [0.25, 0.3) is 22.3 Å². The Kier molecular flexibility index (Phi) is 13.5. The molecule has 0 bridgehead atoms. The first-order valence-electron chi connectivity index (χ1n) is 22.7. The van der Waals surface area contributed by atoms with E-state index in [1.165, 1.54) is 6.33 Å². The summed E-state index contributed by atoms with van der Waals surface area (Å²) in [5, 5.41) is 10.8. The number of anilines is 1. The number of nitrogens with two attached hydrogens (primary N) is 1. The number of para-hydroxylation sites is 1. The zero-order valence-electron chi connectivity index (χ0n) is 37.1. The number of rotatable bonds is 11. The van der Waals surface area contributed by atoms with E-state index in [2.05, 4.69) is 54.1 Å². The van der Waals surface area contributed by atoms with E-state index in [1.807, 2.05) is 71.4 Å². The quantitative estimate of drug-likeness (QED) is 0.129. The molecule has 2 atom stereocenters. The normalized spacial score (nSPS) is 18.7. The molecule has 5 aromatic rings. The highest BCUT2D eigenvalue weighted by Gasteiger charge is 2.39. The number of nitrogens with zero attached hydrogens (tertiary/aromatic N) is 8. The van der Waals surface area contributed by atoms with E-state index in [9.17, 15) is 24.0 Å². The molecule has 0 saturated carbocycles. The van der Waals surface area contributed by atoms with Gasteiger partial charge < -0.3 is 25.6 Å². The Morgan fingerprint density at radius 3 is 2.39 bits per heavy atom. The topological polar surface area (TPSA) is 201 Å². The molecular formula is C50H51N11O6. The SMILES string of the molecule is Nc1ncnc2c1c(-c1ccc(Oc3ccccc3)cc1)nn2[C@@H]1CCCN(C(=O)CCC(=O)NCC#CCN2CCN(CC#Cc3ccc4c(c3)CN(C3CCC(=O)NC3=O)C4=O)CC2)C1. The molecule has 6 heterocycles. The van der Waals surface area contributed by atoms with Crippen molar-refractivity contribution in [1.82, 2.24) is 50.0 Å². The van der Waals surface area contributed by atoms with E-state index in [-0.39, 0.29) is 55.5 Å². The second-order valence-corrected chi connectivity index (χ2v) is 17.1. The van der Waals surface area contributed by atoms with Gasteiger partial charge in [0.05, 0.1) is 31.1 Å². The maximum absolute atomic E-state index is 13.4. The molecule has 17 heteroatoms. The fourth-order valence-electron chi connectivity index (χ4n) is 8.99. The highest BCUT2D eigenvalue weighted by atomic mass is 16.5. The Hall–Kier alpha value is -7.60. The third-order valence-corrected chi connectivity index (χ3v) is 12.6. The molecule has 3 fully saturated rings. The zero-order chi connectivity index (χ0) is 46.3. The van der Waals surface area contributed by atoms with Gasteiger partial charge in [-0.2, -0.15) is 5.10 Å². The van der Waals surface area contributed by atoms with Gasteiger partial charge in [0.1, 0.15) is 35.4 Å². The number of hydrogen-bond donors (Lipinski definition) is 3. The number of nitrogen functional groups attached to an aromatic ring is 1. The van der Waals surface area contributed by atoms with Crippen LogP contribution in [0.3, 0.4) is 0 Å². The van der Waals surface area contributed by atoms with Crippen LogP contribution in [0, 0.1) is 23.7 Å². The van der Waals surface area contributed by atoms with Crippen LogP contribution in [0.2, 0.25) is 0 Å². The zero-order valence-corrected chi connectivity index (χ0v) is 37.1. The van der Waals surface area contributed by atoms with E-state index in [1.54, 1.807) is 15.9 Å². The van der Waals surface area contributed by atoms with Crippen molar-refractivity contribution in [1.29, 1.82) is 0 Å². The number of carbonyl (C=O) groups is 5. The fourth-order valence-corrected chi connectivity index (χ4v) is 8.99. The third-order valence-electron chi connectivity index (χ3n) is 12.6. The van der Waals surface area contributed by atoms with Crippen LogP contribution < -0.4 is 21.1 Å². The molecule has 342 valence electrons. The maximum Gasteiger partial charge on any atom is 0.255 e. The van der Waals surface area contributed by atoms with Crippen molar-refractivity contribution in [2.45, 2.75) is 57.2 Å². The standard InChI is InChI=1S/C50H51N11O6/c51-47-45-46(35-13-15-39(16-14-35)67-38-10-2-1-3-11-38)56-61(48(45)54-33-53-47)37-9-7-25-59(32-37)44(64)21-20-42(62)52-22-4-5-23-57-26-28-58(29-27-57)24-6-8-34-12-17-40-36(30-34)31-60(50(40)66)41-18-19-43(63)55-49(41)65/h1-3,10-17,30,33,37,41H,7,9,18-29,31-32H2,(H,52,62)(H2,51,53,54)(H,55,63,65)/t37-,41?/m1/s1. The van der Waals surface area contributed by atoms with Gasteiger partial charge >= 0.3 is 0 Å². The lowest BCUT2D eigenvalue weighted by Crippen LogP contribution is -2.52. The number of piperidine rings is 2. The number of likely N-dealkylation sites (tertiary alicyclic amines) is 1. The minimum atomic E-state index is -0.641. The first-order valence-corrected chi connectivity index (χ1v) is 22.7. The van der Waals surface area contributed by atoms with Crippen LogP contribution >= 0.6 is 0 Å². The predicted octanol–water partition coefficient (Wildman–Crippen LogP) is 3.36. The summed E-state index contributed by atoms with van der Waals surface area (Å²) in [6.07, 6.45) is 3.73. The Bertz CT molecular complexity index is 2820. The number of carbonyl (C=O) groups excluding carboxylic acids is 5. The summed E-state index contributed by atoms with van der Waals surface area (Å²) in [6.45, 7) is 6.16. The van der Waals surface area contributed by atoms with Crippen molar-refractivity contribution in [2.24, 2.45) is 0 Å². The van der Waals surface area contributed by atoms with Gasteiger partial charge in [0, 0.05) is 81.8 Å². The number of nitrogens with one attached hydrogen (secondary N) is 2. The van der Waals surface area contributed by atoms with E-state index in [0.717, 1.165) is 61.5 Å². The van der Waals surface area contributed by atoms with Crippen molar-refractivity contribution >= 4 is 46.4 Å². The molecule has 0 aliphatic carbocycles. The van der Waals surface area contributed by atoms with E-state index < -0.39 is 11.9 Å². The summed E-state index contributed by atoms with van der Waals surface area (Å²) < 4.78 is 7.84. The van der Waals surface area contributed by atoms with E-state index in [4.69, 9.17) is 15.6 Å². The minimum Gasteiger partial charge on any atom is -0.457 e. The van der Waals surface area contributed by atoms with Gasteiger partial charge in [0.25, 0.3) is 5.91 Å². The molecule has 4 aliphatic heterocycles. The van der Waals surface area contributed by atoms with Crippen LogP contribution in [0.15, 0.2) is 79.1 Å². The average Bonchev–Trinajstić information content (AvgIpc) is 3.90. The van der Waals surface area contributed by atoms with Gasteiger partial charge in [-0.25, -0.2) is 14.6 Å². The summed E-state index contributed by atoms with van der Waals surface area (Å²) in [5.41, 5.74) is 10.7. The van der Waals surface area contributed by atoms with Gasteiger partial charge in [0.2, 0.25) is 23.6 Å². The molecule has 17 nitrogen and oxygen atoms in total. The van der Waals surface area contributed by atoms with Gasteiger partial charge in [0.15, 0.2) is 5.65 Å². The largest absolute Gasteiger partial charge is 0.457 e. The highest BCUT2D eigenvalue weighted by Crippen LogP contribution is 2.35. The van der Waals surface area contributed by atoms with Gasteiger partial charge in [-0.1, -0.05) is 41.9 Å². The van der Waals surface area contributed by atoms with E-state index in [0.29, 0.717) is 73.0 Å². The summed E-state index contributed by atoms with van der Waals surface area (Å²) in [4.78, 5) is 79.8. The Morgan fingerprint density at radius 2 is 1.61 bits per heavy atom. The van der Waals surface area contributed by atoms with Crippen molar-refractivity contribution in [3.8, 4) is 46.4 Å². The molecule has 4 aliphatic rings. The molecule has 0 radical (unpaired) electrons. The molecule has 9 rings (SSSR count). The lowest BCUT2D eigenvalue weighted by atomic mass is 10.0. The number of ether oxygens (including phenoxy) is 1. The third kappa shape index (κ3) is 10.4. The van der Waals surface area contributed by atoms with Crippen LogP contribution in [-0.4, -0.2) is 134 Å².